The highest BCUT2D eigenvalue weighted by atomic mass is 16.5. The molecule has 2 aromatic rings. The van der Waals surface area contributed by atoms with E-state index < -0.39 is 5.97 Å². The van der Waals surface area contributed by atoms with Crippen LogP contribution >= 0.6 is 0 Å². The summed E-state index contributed by atoms with van der Waals surface area (Å²) < 4.78 is 10.8. The van der Waals surface area contributed by atoms with Gasteiger partial charge >= 0.3 is 5.97 Å². The molecule has 0 fully saturated rings. The zero-order chi connectivity index (χ0) is 17.5. The van der Waals surface area contributed by atoms with E-state index in [0.29, 0.717) is 23.7 Å². The predicted octanol–water partition coefficient (Wildman–Crippen LogP) is 4.28. The summed E-state index contributed by atoms with van der Waals surface area (Å²) >= 11 is 0. The number of rotatable bonds is 7. The highest BCUT2D eigenvalue weighted by Crippen LogP contribution is 2.30. The Balaban J connectivity index is 2.41. The van der Waals surface area contributed by atoms with Crippen molar-refractivity contribution >= 4 is 17.6 Å². The quantitative estimate of drug-likeness (QED) is 0.609. The summed E-state index contributed by atoms with van der Waals surface area (Å²) in [5.74, 6) is 0.255. The molecule has 0 saturated carbocycles. The minimum absolute atomic E-state index is 0.240. The fraction of sp³-hybridized carbons (Fsp3) is 0.250. The van der Waals surface area contributed by atoms with Crippen LogP contribution in [0.25, 0.3) is 11.6 Å². The molecular weight excluding hydrogens is 304 g/mol. The van der Waals surface area contributed by atoms with E-state index in [0.717, 1.165) is 12.0 Å². The fourth-order valence-electron chi connectivity index (χ4n) is 2.40. The average Bonchev–Trinajstić information content (AvgIpc) is 2.60. The van der Waals surface area contributed by atoms with Crippen molar-refractivity contribution in [2.75, 3.05) is 13.7 Å². The molecule has 0 saturated heterocycles. The molecule has 0 atom stereocenters. The third-order valence-electron chi connectivity index (χ3n) is 3.70. The van der Waals surface area contributed by atoms with Gasteiger partial charge in [-0.25, -0.2) is 4.79 Å². The lowest BCUT2D eigenvalue weighted by Crippen LogP contribution is -2.00. The van der Waals surface area contributed by atoms with E-state index in [1.165, 1.54) is 5.56 Å². The van der Waals surface area contributed by atoms with Gasteiger partial charge in [-0.2, -0.15) is 0 Å². The SMILES string of the molecule is CCOc1ccc(/C=C(\C(=O)O)c2ccc(CC)cc2)cc1OC. The van der Waals surface area contributed by atoms with Crippen LogP contribution in [0.15, 0.2) is 42.5 Å². The van der Waals surface area contributed by atoms with E-state index in [9.17, 15) is 9.90 Å². The molecule has 0 heterocycles. The van der Waals surface area contributed by atoms with E-state index in [2.05, 4.69) is 6.92 Å². The van der Waals surface area contributed by atoms with Gasteiger partial charge in [0, 0.05) is 0 Å². The number of methoxy groups -OCH3 is 1. The Bertz CT molecular complexity index is 730. The van der Waals surface area contributed by atoms with Crippen LogP contribution in [0.1, 0.15) is 30.5 Å². The van der Waals surface area contributed by atoms with E-state index in [-0.39, 0.29) is 5.57 Å². The molecule has 126 valence electrons. The second-order valence-electron chi connectivity index (χ2n) is 5.26. The zero-order valence-corrected chi connectivity index (χ0v) is 14.2. The Morgan fingerprint density at radius 2 is 1.79 bits per heavy atom. The van der Waals surface area contributed by atoms with E-state index in [1.54, 1.807) is 25.3 Å². The fourth-order valence-corrected chi connectivity index (χ4v) is 2.40. The average molecular weight is 326 g/mol. The molecule has 0 aliphatic heterocycles. The predicted molar refractivity (Wildman–Crippen MR) is 95.5 cm³/mol. The molecule has 1 N–H and O–H groups in total. The molecule has 0 radical (unpaired) electrons. The van der Waals surface area contributed by atoms with Gasteiger partial charge in [0.05, 0.1) is 19.3 Å². The number of carboxylic acids is 1. The van der Waals surface area contributed by atoms with E-state index >= 15 is 0 Å². The van der Waals surface area contributed by atoms with Crippen LogP contribution in [0.4, 0.5) is 0 Å². The first-order chi connectivity index (χ1) is 11.6. The first-order valence-corrected chi connectivity index (χ1v) is 7.94. The summed E-state index contributed by atoms with van der Waals surface area (Å²) in [5.41, 5.74) is 2.83. The summed E-state index contributed by atoms with van der Waals surface area (Å²) in [4.78, 5) is 11.7. The van der Waals surface area contributed by atoms with Gasteiger partial charge in [0.25, 0.3) is 0 Å². The molecule has 0 amide bonds. The lowest BCUT2D eigenvalue weighted by atomic mass is 10.0. The molecule has 4 heteroatoms. The molecular formula is C20H22O4. The lowest BCUT2D eigenvalue weighted by molar-refractivity contribution is -0.130. The summed E-state index contributed by atoms with van der Waals surface area (Å²) in [6.45, 7) is 4.50. The summed E-state index contributed by atoms with van der Waals surface area (Å²) in [6.07, 6.45) is 2.56. The second kappa shape index (κ2) is 8.20. The monoisotopic (exact) mass is 326 g/mol. The van der Waals surface area contributed by atoms with Crippen LogP contribution < -0.4 is 9.47 Å². The van der Waals surface area contributed by atoms with Crippen LogP contribution in [-0.4, -0.2) is 24.8 Å². The second-order valence-corrected chi connectivity index (χ2v) is 5.26. The van der Waals surface area contributed by atoms with Gasteiger partial charge < -0.3 is 14.6 Å². The maximum Gasteiger partial charge on any atom is 0.336 e. The van der Waals surface area contributed by atoms with Gasteiger partial charge in [0.2, 0.25) is 0 Å². The number of hydrogen-bond donors (Lipinski definition) is 1. The highest BCUT2D eigenvalue weighted by Gasteiger charge is 2.12. The number of hydrogen-bond acceptors (Lipinski definition) is 3. The highest BCUT2D eigenvalue weighted by molar-refractivity contribution is 6.20. The zero-order valence-electron chi connectivity index (χ0n) is 14.2. The number of carboxylic acid groups (broad SMARTS) is 1. The van der Waals surface area contributed by atoms with Crippen LogP contribution in [0.5, 0.6) is 11.5 Å². The molecule has 2 aromatic carbocycles. The molecule has 0 spiro atoms. The standard InChI is InChI=1S/C20H22O4/c1-4-14-6-9-16(10-7-14)17(20(21)22)12-15-8-11-18(24-5-2)19(13-15)23-3/h6-13H,4-5H2,1-3H3,(H,21,22)/b17-12-. The molecule has 2 rings (SSSR count). The van der Waals surface area contributed by atoms with Crippen LogP contribution in [-0.2, 0) is 11.2 Å². The Morgan fingerprint density at radius 1 is 1.08 bits per heavy atom. The maximum atomic E-state index is 11.7. The largest absolute Gasteiger partial charge is 0.493 e. The van der Waals surface area contributed by atoms with E-state index in [1.807, 2.05) is 37.3 Å². The molecule has 0 aliphatic carbocycles. The van der Waals surface area contributed by atoms with Gasteiger partial charge in [0.15, 0.2) is 11.5 Å². The summed E-state index contributed by atoms with van der Waals surface area (Å²) in [5, 5.41) is 9.56. The van der Waals surface area contributed by atoms with Crippen molar-refractivity contribution in [3.63, 3.8) is 0 Å². The maximum absolute atomic E-state index is 11.7. The van der Waals surface area contributed by atoms with Crippen LogP contribution in [0, 0.1) is 0 Å². The Labute approximate surface area is 142 Å². The van der Waals surface area contributed by atoms with Crippen molar-refractivity contribution in [2.24, 2.45) is 0 Å². The van der Waals surface area contributed by atoms with Crippen molar-refractivity contribution in [1.82, 2.24) is 0 Å². The number of aryl methyl sites for hydroxylation is 1. The Kier molecular flexibility index (Phi) is 6.01. The van der Waals surface area contributed by atoms with Crippen molar-refractivity contribution in [3.05, 3.63) is 59.2 Å². The summed E-state index contributed by atoms with van der Waals surface area (Å²) in [6, 6.07) is 12.9. The summed E-state index contributed by atoms with van der Waals surface area (Å²) in [7, 11) is 1.56. The first-order valence-electron chi connectivity index (χ1n) is 7.94. The van der Waals surface area contributed by atoms with Crippen LogP contribution in [0.3, 0.4) is 0 Å². The lowest BCUT2D eigenvalue weighted by Gasteiger charge is -2.10. The minimum Gasteiger partial charge on any atom is -0.493 e. The van der Waals surface area contributed by atoms with Gasteiger partial charge in [-0.1, -0.05) is 37.3 Å². The number of benzene rings is 2. The number of carbonyl (C=O) groups is 1. The molecule has 0 aliphatic rings. The van der Waals surface area contributed by atoms with Gasteiger partial charge in [0.1, 0.15) is 0 Å². The molecule has 0 aromatic heterocycles. The minimum atomic E-state index is -0.966. The molecule has 4 nitrogen and oxygen atoms in total. The number of ether oxygens (including phenoxy) is 2. The Hall–Kier alpha value is -2.75. The molecule has 0 unspecified atom stereocenters. The van der Waals surface area contributed by atoms with Gasteiger partial charge in [-0.3, -0.25) is 0 Å². The van der Waals surface area contributed by atoms with Crippen molar-refractivity contribution in [3.8, 4) is 11.5 Å². The molecule has 24 heavy (non-hydrogen) atoms. The molecule has 0 bridgehead atoms. The number of aliphatic carboxylic acids is 1. The first kappa shape index (κ1) is 17.6. The normalized spacial score (nSPS) is 11.2. The van der Waals surface area contributed by atoms with Crippen molar-refractivity contribution in [1.29, 1.82) is 0 Å². The third kappa shape index (κ3) is 4.16. The van der Waals surface area contributed by atoms with Gasteiger partial charge in [-0.15, -0.1) is 0 Å². The van der Waals surface area contributed by atoms with Crippen molar-refractivity contribution in [2.45, 2.75) is 20.3 Å². The van der Waals surface area contributed by atoms with Crippen LogP contribution in [0.2, 0.25) is 0 Å². The third-order valence-corrected chi connectivity index (χ3v) is 3.70. The van der Waals surface area contributed by atoms with E-state index in [4.69, 9.17) is 9.47 Å². The smallest absolute Gasteiger partial charge is 0.336 e. The van der Waals surface area contributed by atoms with Gasteiger partial charge in [-0.05, 0) is 48.2 Å². The topological polar surface area (TPSA) is 55.8 Å². The Morgan fingerprint density at radius 3 is 2.33 bits per heavy atom. The van der Waals surface area contributed by atoms with Crippen molar-refractivity contribution < 1.29 is 19.4 Å².